The average molecular weight is 746 g/mol. The summed E-state index contributed by atoms with van der Waals surface area (Å²) in [7, 11) is 2.35. The van der Waals surface area contributed by atoms with E-state index in [9.17, 15) is 29.5 Å². The van der Waals surface area contributed by atoms with E-state index in [0.717, 1.165) is 24.1 Å². The number of carboxylic acids is 1. The number of benzene rings is 3. The third-order valence-electron chi connectivity index (χ3n) is 8.68. The normalized spacial score (nSPS) is 19.9. The number of nitrogens with one attached hydrogen (secondary N) is 1. The quantitative estimate of drug-likeness (QED) is 0.237. The van der Waals surface area contributed by atoms with Crippen molar-refractivity contribution in [3.63, 3.8) is 0 Å². The van der Waals surface area contributed by atoms with Crippen molar-refractivity contribution in [2.75, 3.05) is 26.1 Å². The van der Waals surface area contributed by atoms with E-state index in [1.807, 2.05) is 0 Å². The molecule has 0 unspecified atom stereocenters. The van der Waals surface area contributed by atoms with Gasteiger partial charge in [0.1, 0.15) is 28.8 Å². The first-order valence-electron chi connectivity index (χ1n) is 15.7. The van der Waals surface area contributed by atoms with Crippen LogP contribution in [-0.4, -0.2) is 71.8 Å². The van der Waals surface area contributed by atoms with E-state index in [4.69, 9.17) is 32.7 Å². The summed E-state index contributed by atoms with van der Waals surface area (Å²) in [6.45, 7) is 6.80. The highest BCUT2D eigenvalue weighted by molar-refractivity contribution is 6.31. The Morgan fingerprint density at radius 1 is 1.10 bits per heavy atom. The van der Waals surface area contributed by atoms with Crippen molar-refractivity contribution >= 4 is 52.9 Å². The summed E-state index contributed by atoms with van der Waals surface area (Å²) < 4.78 is 43.1. The lowest BCUT2D eigenvalue weighted by Gasteiger charge is -2.39. The fraction of sp³-hybridized carbons (Fsp3) is 0.361. The van der Waals surface area contributed by atoms with Gasteiger partial charge in [0.05, 0.1) is 42.1 Å². The number of anilines is 1. The van der Waals surface area contributed by atoms with Crippen LogP contribution in [0.15, 0.2) is 54.6 Å². The Hall–Kier alpha value is -4.93. The molecule has 4 amide bonds. The van der Waals surface area contributed by atoms with Crippen molar-refractivity contribution < 1.29 is 42.5 Å². The van der Waals surface area contributed by atoms with Gasteiger partial charge in [-0.25, -0.2) is 28.1 Å². The van der Waals surface area contributed by atoms with Crippen molar-refractivity contribution in [2.24, 2.45) is 5.41 Å². The molecule has 3 aromatic rings. The molecule has 15 heteroatoms. The first-order valence-corrected chi connectivity index (χ1v) is 16.4. The minimum absolute atomic E-state index is 0.0126. The highest BCUT2D eigenvalue weighted by Crippen LogP contribution is 2.57. The molecule has 1 saturated heterocycles. The molecule has 11 nitrogen and oxygen atoms in total. The summed E-state index contributed by atoms with van der Waals surface area (Å²) in [6.07, 6.45) is -1.15. The number of urea groups is 1. The van der Waals surface area contributed by atoms with Gasteiger partial charge in [0.15, 0.2) is 0 Å². The van der Waals surface area contributed by atoms with Gasteiger partial charge in [0, 0.05) is 23.6 Å². The topological polar surface area (TPSA) is 149 Å². The number of carbonyl (C=O) groups is 4. The van der Waals surface area contributed by atoms with E-state index >= 15 is 8.78 Å². The van der Waals surface area contributed by atoms with Gasteiger partial charge < -0.3 is 24.8 Å². The van der Waals surface area contributed by atoms with E-state index in [2.05, 4.69) is 11.4 Å². The first kappa shape index (κ1) is 38.9. The number of rotatable bonds is 8. The van der Waals surface area contributed by atoms with E-state index in [0.29, 0.717) is 4.90 Å². The van der Waals surface area contributed by atoms with E-state index < -0.39 is 64.5 Å². The zero-order chi connectivity index (χ0) is 38.0. The van der Waals surface area contributed by atoms with Crippen LogP contribution in [-0.2, 0) is 14.9 Å². The van der Waals surface area contributed by atoms with Crippen LogP contribution in [0.5, 0.6) is 5.75 Å². The number of amides is 4. The molecule has 1 heterocycles. The summed E-state index contributed by atoms with van der Waals surface area (Å²) in [5.74, 6) is -6.01. The third kappa shape index (κ3) is 7.43. The number of ether oxygens (including phenoxy) is 2. The van der Waals surface area contributed by atoms with Gasteiger partial charge in [0.25, 0.3) is 0 Å². The molecule has 3 aromatic carbocycles. The molecule has 0 bridgehead atoms. The largest absolute Gasteiger partial charge is 0.495 e. The summed E-state index contributed by atoms with van der Waals surface area (Å²) in [6, 6.07) is 8.93. The lowest BCUT2D eigenvalue weighted by molar-refractivity contribution is -0.120. The Balaban J connectivity index is 2.14. The van der Waals surface area contributed by atoms with Crippen LogP contribution in [0.2, 0.25) is 10.0 Å². The van der Waals surface area contributed by atoms with Gasteiger partial charge in [-0.05, 0) is 60.7 Å². The van der Waals surface area contributed by atoms with Crippen LogP contribution >= 0.6 is 23.2 Å². The standard InChI is InChI=1S/C36H36Cl2F2N4O7/c1-7-51-34(49)43(5)33(48)44-27(17-35(2,3)4)36(18-41,22-13-12-20(37)16-24(22)39)28(21-9-8-10-23(38)29(21)40)30(44)31(45)42-25-14-11-19(32(46)47)15-26(25)50-6/h8-16,27-28,30H,7,17H2,1-6H3,(H,42,45)(H,46,47)/t27-,28-,30+,36-/m0/s1. The minimum atomic E-state index is -2.22. The maximum atomic E-state index is 16.3. The number of carbonyl (C=O) groups excluding carboxylic acids is 3. The maximum Gasteiger partial charge on any atom is 0.417 e. The van der Waals surface area contributed by atoms with Crippen molar-refractivity contribution in [1.82, 2.24) is 9.80 Å². The van der Waals surface area contributed by atoms with Crippen molar-refractivity contribution in [1.29, 1.82) is 5.26 Å². The number of nitriles is 1. The van der Waals surface area contributed by atoms with Crippen molar-refractivity contribution in [2.45, 2.75) is 57.5 Å². The van der Waals surface area contributed by atoms with Gasteiger partial charge in [-0.1, -0.05) is 62.2 Å². The lowest BCUT2D eigenvalue weighted by atomic mass is 9.62. The van der Waals surface area contributed by atoms with Crippen LogP contribution in [0.1, 0.15) is 61.5 Å². The predicted octanol–water partition coefficient (Wildman–Crippen LogP) is 7.86. The summed E-state index contributed by atoms with van der Waals surface area (Å²) in [5.41, 5.74) is -3.73. The van der Waals surface area contributed by atoms with Gasteiger partial charge in [-0.2, -0.15) is 5.26 Å². The molecule has 1 fully saturated rings. The Morgan fingerprint density at radius 3 is 2.35 bits per heavy atom. The molecule has 1 aliphatic rings. The summed E-state index contributed by atoms with van der Waals surface area (Å²) in [4.78, 5) is 55.6. The van der Waals surface area contributed by atoms with E-state index in [1.54, 1.807) is 20.8 Å². The number of hydrogen-bond donors (Lipinski definition) is 2. The fourth-order valence-corrected chi connectivity index (χ4v) is 6.90. The molecule has 0 radical (unpaired) electrons. The van der Waals surface area contributed by atoms with E-state index in [-0.39, 0.29) is 51.2 Å². The Morgan fingerprint density at radius 2 is 1.78 bits per heavy atom. The number of methoxy groups -OCH3 is 1. The molecule has 0 aliphatic carbocycles. The van der Waals surface area contributed by atoms with Crippen molar-refractivity contribution in [3.8, 4) is 11.8 Å². The first-order chi connectivity index (χ1) is 23.9. The number of halogens is 4. The minimum Gasteiger partial charge on any atom is -0.495 e. The predicted molar refractivity (Wildman–Crippen MR) is 185 cm³/mol. The van der Waals surface area contributed by atoms with Crippen LogP contribution in [0.25, 0.3) is 0 Å². The second kappa shape index (κ2) is 15.1. The zero-order valence-electron chi connectivity index (χ0n) is 28.6. The highest BCUT2D eigenvalue weighted by Gasteiger charge is 2.66. The zero-order valence-corrected chi connectivity index (χ0v) is 30.1. The molecular formula is C36H36Cl2F2N4O7. The molecule has 0 saturated carbocycles. The number of carboxylic acid groups (broad SMARTS) is 1. The lowest BCUT2D eigenvalue weighted by Crippen LogP contribution is -2.55. The molecule has 51 heavy (non-hydrogen) atoms. The molecule has 4 rings (SSSR count). The maximum absolute atomic E-state index is 16.3. The summed E-state index contributed by atoms with van der Waals surface area (Å²) >= 11 is 12.4. The molecular weight excluding hydrogens is 709 g/mol. The van der Waals surface area contributed by atoms with Crippen LogP contribution in [0, 0.1) is 28.4 Å². The van der Waals surface area contributed by atoms with Gasteiger partial charge in [-0.3, -0.25) is 4.79 Å². The number of imide groups is 1. The number of aromatic carboxylic acids is 1. The fourth-order valence-electron chi connectivity index (χ4n) is 6.56. The van der Waals surface area contributed by atoms with Gasteiger partial charge in [0.2, 0.25) is 5.91 Å². The highest BCUT2D eigenvalue weighted by atomic mass is 35.5. The van der Waals surface area contributed by atoms with Crippen molar-refractivity contribution in [3.05, 3.63) is 93.0 Å². The van der Waals surface area contributed by atoms with Gasteiger partial charge >= 0.3 is 18.1 Å². The van der Waals surface area contributed by atoms with Crippen LogP contribution < -0.4 is 10.1 Å². The molecule has 0 aromatic heterocycles. The molecule has 4 atom stereocenters. The molecule has 0 spiro atoms. The van der Waals surface area contributed by atoms with Gasteiger partial charge in [-0.15, -0.1) is 0 Å². The average Bonchev–Trinajstić information content (AvgIpc) is 3.34. The summed E-state index contributed by atoms with van der Waals surface area (Å²) in [5, 5.41) is 23.1. The second-order valence-corrected chi connectivity index (χ2v) is 14.0. The Labute approximate surface area is 303 Å². The monoisotopic (exact) mass is 744 g/mol. The van der Waals surface area contributed by atoms with E-state index in [1.165, 1.54) is 56.5 Å². The Kier molecular flexibility index (Phi) is 11.5. The van der Waals surface area contributed by atoms with Crippen LogP contribution in [0.3, 0.4) is 0 Å². The third-order valence-corrected chi connectivity index (χ3v) is 9.20. The number of hydrogen-bond acceptors (Lipinski definition) is 7. The smallest absolute Gasteiger partial charge is 0.417 e. The number of nitrogens with zero attached hydrogens (tertiary/aromatic N) is 3. The molecule has 1 aliphatic heterocycles. The van der Waals surface area contributed by atoms with Crippen LogP contribution in [0.4, 0.5) is 24.1 Å². The number of likely N-dealkylation sites (tertiary alicyclic amines) is 1. The Bertz CT molecular complexity index is 1910. The molecule has 270 valence electrons. The molecule has 2 N–H and O–H groups in total. The second-order valence-electron chi connectivity index (χ2n) is 13.1. The SMILES string of the molecule is CCOC(=O)N(C)C(=O)N1[C@@H](CC(C)(C)C)[C@](C#N)(c2ccc(Cl)cc2F)[C@@H](c2cccc(Cl)c2F)[C@@H]1C(=O)Nc1ccc(C(=O)O)cc1OC.